The van der Waals surface area contributed by atoms with Crippen molar-refractivity contribution in [3.63, 3.8) is 0 Å². The van der Waals surface area contributed by atoms with Crippen LogP contribution in [0.15, 0.2) is 41.6 Å². The van der Waals surface area contributed by atoms with Gasteiger partial charge in [-0.05, 0) is 5.56 Å². The van der Waals surface area contributed by atoms with Crippen LogP contribution < -0.4 is 0 Å². The molecule has 0 unspecified atom stereocenters. The first kappa shape index (κ1) is 14.4. The second kappa shape index (κ2) is 6.45. The van der Waals surface area contributed by atoms with Crippen LogP contribution in [0, 0.1) is 0 Å². The Labute approximate surface area is 132 Å². The Morgan fingerprint density at radius 3 is 2.81 bits per heavy atom. The van der Waals surface area contributed by atoms with Gasteiger partial charge in [0.1, 0.15) is 24.5 Å². The molecule has 1 aliphatic rings. The third kappa shape index (κ3) is 3.19. The lowest BCUT2D eigenvalue weighted by molar-refractivity contribution is 0.125. The maximum Gasteiger partial charge on any atom is 0.166 e. The van der Waals surface area contributed by atoms with Crippen LogP contribution in [0.3, 0.4) is 0 Å². The summed E-state index contributed by atoms with van der Waals surface area (Å²) < 4.78 is 12.7. The lowest BCUT2D eigenvalue weighted by Gasteiger charge is -2.16. The van der Waals surface area contributed by atoms with E-state index in [2.05, 4.69) is 17.2 Å². The second-order valence-corrected chi connectivity index (χ2v) is 5.89. The van der Waals surface area contributed by atoms with Crippen LogP contribution in [0.4, 0.5) is 0 Å². The van der Waals surface area contributed by atoms with Gasteiger partial charge in [0.2, 0.25) is 0 Å². The summed E-state index contributed by atoms with van der Waals surface area (Å²) in [5, 5.41) is 5.69. The molecule has 1 aromatic carbocycles. The predicted molar refractivity (Wildman–Crippen MR) is 84.1 cm³/mol. The molecule has 0 saturated heterocycles. The standard InChI is InChI=1S/C15H15ClN2O2S/c1-18-15(21-10-11-5-3-2-4-6-11)13(14(16)17-18)12-9-19-7-8-20-12/h2-6,9H,7-8,10H2,1H3. The Kier molecular flexibility index (Phi) is 4.41. The van der Waals surface area contributed by atoms with Crippen LogP contribution >= 0.6 is 23.4 Å². The molecule has 0 radical (unpaired) electrons. The number of hydrogen-bond acceptors (Lipinski definition) is 4. The highest BCUT2D eigenvalue weighted by atomic mass is 35.5. The minimum absolute atomic E-state index is 0.435. The number of nitrogens with zero attached hydrogens (tertiary/aromatic N) is 2. The van der Waals surface area contributed by atoms with Gasteiger partial charge in [0.15, 0.2) is 10.9 Å². The molecule has 2 aromatic rings. The fourth-order valence-corrected chi connectivity index (χ4v) is 3.49. The average molecular weight is 323 g/mol. The number of benzene rings is 1. The third-order valence-electron chi connectivity index (χ3n) is 3.07. The molecular weight excluding hydrogens is 308 g/mol. The smallest absolute Gasteiger partial charge is 0.166 e. The molecule has 1 aliphatic heterocycles. The number of aromatic nitrogens is 2. The molecule has 0 saturated carbocycles. The highest BCUT2D eigenvalue weighted by molar-refractivity contribution is 7.98. The lowest BCUT2D eigenvalue weighted by Crippen LogP contribution is -2.08. The molecule has 4 nitrogen and oxygen atoms in total. The molecule has 0 aliphatic carbocycles. The van der Waals surface area contributed by atoms with Crippen LogP contribution in [-0.4, -0.2) is 23.0 Å². The summed E-state index contributed by atoms with van der Waals surface area (Å²) in [6, 6.07) is 10.3. The fourth-order valence-electron chi connectivity index (χ4n) is 2.08. The Balaban J connectivity index is 1.86. The van der Waals surface area contributed by atoms with Gasteiger partial charge in [-0.1, -0.05) is 41.9 Å². The summed E-state index contributed by atoms with van der Waals surface area (Å²) in [6.07, 6.45) is 1.61. The molecule has 21 heavy (non-hydrogen) atoms. The summed E-state index contributed by atoms with van der Waals surface area (Å²) >= 11 is 7.92. The van der Waals surface area contributed by atoms with Crippen LogP contribution in [0.2, 0.25) is 5.15 Å². The Bertz CT molecular complexity index is 655. The number of aryl methyl sites for hydroxylation is 1. The third-order valence-corrected chi connectivity index (χ3v) is 4.55. The quantitative estimate of drug-likeness (QED) is 0.804. The minimum atomic E-state index is 0.435. The molecular formula is C15H15ClN2O2S. The Morgan fingerprint density at radius 2 is 2.10 bits per heavy atom. The summed E-state index contributed by atoms with van der Waals surface area (Å²) in [4.78, 5) is 0. The van der Waals surface area contributed by atoms with Crippen LogP contribution in [0.5, 0.6) is 0 Å². The van der Waals surface area contributed by atoms with Gasteiger partial charge >= 0.3 is 0 Å². The summed E-state index contributed by atoms with van der Waals surface area (Å²) in [5.41, 5.74) is 2.06. The van der Waals surface area contributed by atoms with Crippen molar-refractivity contribution in [2.75, 3.05) is 13.2 Å². The highest BCUT2D eigenvalue weighted by Gasteiger charge is 2.22. The molecule has 1 aromatic heterocycles. The van der Waals surface area contributed by atoms with Crippen molar-refractivity contribution in [2.24, 2.45) is 7.05 Å². The molecule has 110 valence electrons. The normalized spacial score (nSPS) is 14.3. The molecule has 0 fully saturated rings. The molecule has 6 heteroatoms. The number of thioether (sulfide) groups is 1. The molecule has 2 heterocycles. The van der Waals surface area contributed by atoms with E-state index < -0.39 is 0 Å². The van der Waals surface area contributed by atoms with E-state index in [1.54, 1.807) is 22.7 Å². The van der Waals surface area contributed by atoms with Crippen molar-refractivity contribution in [2.45, 2.75) is 10.8 Å². The van der Waals surface area contributed by atoms with Crippen molar-refractivity contribution in [1.29, 1.82) is 0 Å². The van der Waals surface area contributed by atoms with Crippen molar-refractivity contribution < 1.29 is 9.47 Å². The van der Waals surface area contributed by atoms with Crippen LogP contribution in [-0.2, 0) is 22.3 Å². The average Bonchev–Trinajstić information content (AvgIpc) is 2.81. The largest absolute Gasteiger partial charge is 0.494 e. The predicted octanol–water partition coefficient (Wildman–Crippen LogP) is 3.71. The maximum atomic E-state index is 6.24. The van der Waals surface area contributed by atoms with E-state index >= 15 is 0 Å². The Hall–Kier alpha value is -1.59. The van der Waals surface area contributed by atoms with E-state index in [0.29, 0.717) is 24.1 Å². The van der Waals surface area contributed by atoms with E-state index in [0.717, 1.165) is 16.3 Å². The topological polar surface area (TPSA) is 36.3 Å². The summed E-state index contributed by atoms with van der Waals surface area (Å²) in [7, 11) is 1.88. The van der Waals surface area contributed by atoms with E-state index in [1.807, 2.05) is 25.2 Å². The molecule has 0 spiro atoms. The van der Waals surface area contributed by atoms with Crippen molar-refractivity contribution in [1.82, 2.24) is 9.78 Å². The van der Waals surface area contributed by atoms with Gasteiger partial charge in [0, 0.05) is 12.8 Å². The first-order valence-corrected chi connectivity index (χ1v) is 7.96. The van der Waals surface area contributed by atoms with Gasteiger partial charge in [0.25, 0.3) is 0 Å². The molecule has 0 bridgehead atoms. The van der Waals surface area contributed by atoms with Gasteiger partial charge in [-0.3, -0.25) is 4.68 Å². The highest BCUT2D eigenvalue weighted by Crippen LogP contribution is 2.36. The number of rotatable bonds is 4. The monoisotopic (exact) mass is 322 g/mol. The van der Waals surface area contributed by atoms with Gasteiger partial charge in [0.05, 0.1) is 5.56 Å². The first-order valence-electron chi connectivity index (χ1n) is 6.60. The zero-order valence-corrected chi connectivity index (χ0v) is 13.2. The van der Waals surface area contributed by atoms with E-state index in [-0.39, 0.29) is 0 Å². The van der Waals surface area contributed by atoms with Gasteiger partial charge < -0.3 is 9.47 Å². The minimum Gasteiger partial charge on any atom is -0.494 e. The van der Waals surface area contributed by atoms with E-state index in [4.69, 9.17) is 21.1 Å². The van der Waals surface area contributed by atoms with Gasteiger partial charge in [-0.25, -0.2) is 0 Å². The number of ether oxygens (including phenoxy) is 2. The van der Waals surface area contributed by atoms with Gasteiger partial charge in [-0.15, -0.1) is 11.8 Å². The lowest BCUT2D eigenvalue weighted by atomic mass is 10.2. The Morgan fingerprint density at radius 1 is 1.29 bits per heavy atom. The zero-order chi connectivity index (χ0) is 14.7. The molecule has 0 N–H and O–H groups in total. The first-order chi connectivity index (χ1) is 10.3. The maximum absolute atomic E-state index is 6.24. The van der Waals surface area contributed by atoms with Crippen molar-refractivity contribution >= 4 is 29.1 Å². The van der Waals surface area contributed by atoms with Gasteiger partial charge in [-0.2, -0.15) is 5.10 Å². The number of halogens is 1. The SMILES string of the molecule is Cn1nc(Cl)c(C2=COCCO2)c1SCc1ccccc1. The summed E-state index contributed by atoms with van der Waals surface area (Å²) in [6.45, 7) is 1.09. The molecule has 3 rings (SSSR count). The van der Waals surface area contributed by atoms with E-state index in [9.17, 15) is 0 Å². The second-order valence-electron chi connectivity index (χ2n) is 4.57. The van der Waals surface area contributed by atoms with E-state index in [1.165, 1.54) is 5.56 Å². The molecule has 0 atom stereocenters. The number of hydrogen-bond donors (Lipinski definition) is 0. The van der Waals surface area contributed by atoms with Crippen LogP contribution in [0.1, 0.15) is 11.1 Å². The fraction of sp³-hybridized carbons (Fsp3) is 0.267. The van der Waals surface area contributed by atoms with Crippen molar-refractivity contribution in [3.8, 4) is 0 Å². The zero-order valence-electron chi connectivity index (χ0n) is 11.6. The summed E-state index contributed by atoms with van der Waals surface area (Å²) in [5.74, 6) is 1.49. The van der Waals surface area contributed by atoms with Crippen molar-refractivity contribution in [3.05, 3.63) is 52.9 Å². The van der Waals surface area contributed by atoms with Crippen LogP contribution in [0.25, 0.3) is 5.76 Å². The molecule has 0 amide bonds.